The summed E-state index contributed by atoms with van der Waals surface area (Å²) in [6.45, 7) is 0. The summed E-state index contributed by atoms with van der Waals surface area (Å²) in [5.74, 6) is 3.24. The molecule has 0 radical (unpaired) electrons. The van der Waals surface area contributed by atoms with Crippen LogP contribution in [0.2, 0.25) is 0 Å². The lowest BCUT2D eigenvalue weighted by Gasteiger charge is -2.10. The van der Waals surface area contributed by atoms with Gasteiger partial charge in [0.2, 0.25) is 5.16 Å². The molecule has 0 aliphatic heterocycles. The second-order valence-corrected chi connectivity index (χ2v) is 7.15. The van der Waals surface area contributed by atoms with Crippen LogP contribution in [0.25, 0.3) is 10.7 Å². The van der Waals surface area contributed by atoms with Crippen molar-refractivity contribution in [1.82, 2.24) is 15.2 Å². The minimum absolute atomic E-state index is 0.734. The molecule has 0 spiro atoms. The number of para-hydroxylation sites is 2. The van der Waals surface area contributed by atoms with Crippen LogP contribution in [-0.2, 0) is 5.75 Å². The topological polar surface area (TPSA) is 50.8 Å². The van der Waals surface area contributed by atoms with E-state index in [0.29, 0.717) is 0 Å². The van der Waals surface area contributed by atoms with Crippen molar-refractivity contribution in [3.05, 3.63) is 77.7 Å². The predicted octanol–water partition coefficient (Wildman–Crippen LogP) is 5.62. The molecule has 0 unspecified atom stereocenters. The maximum Gasteiger partial charge on any atom is 0.209 e. The fourth-order valence-electron chi connectivity index (χ4n) is 2.31. The van der Waals surface area contributed by atoms with Gasteiger partial charge in [-0.2, -0.15) is 0 Å². The Morgan fingerprint density at radius 2 is 1.80 bits per heavy atom. The number of hydrogen-bond acceptors (Lipinski definition) is 5. The van der Waals surface area contributed by atoms with Crippen LogP contribution in [0.5, 0.6) is 11.5 Å². The van der Waals surface area contributed by atoms with Crippen molar-refractivity contribution >= 4 is 23.1 Å². The van der Waals surface area contributed by atoms with Crippen LogP contribution < -0.4 is 4.74 Å². The monoisotopic (exact) mass is 365 g/mol. The third kappa shape index (κ3) is 3.92. The van der Waals surface area contributed by atoms with Gasteiger partial charge in [0, 0.05) is 11.3 Å². The number of thiophene rings is 1. The molecule has 2 heterocycles. The Morgan fingerprint density at radius 1 is 0.960 bits per heavy atom. The lowest BCUT2D eigenvalue weighted by atomic mass is 10.2. The fourth-order valence-corrected chi connectivity index (χ4v) is 3.77. The van der Waals surface area contributed by atoms with Crippen LogP contribution in [0, 0.1) is 0 Å². The van der Waals surface area contributed by atoms with Gasteiger partial charge >= 0.3 is 0 Å². The van der Waals surface area contributed by atoms with Crippen molar-refractivity contribution in [3.8, 4) is 22.2 Å². The number of rotatable bonds is 6. The summed E-state index contributed by atoms with van der Waals surface area (Å²) < 4.78 is 6.00. The highest BCUT2D eigenvalue weighted by atomic mass is 32.2. The lowest BCUT2D eigenvalue weighted by molar-refractivity contribution is 0.478. The van der Waals surface area contributed by atoms with Crippen LogP contribution >= 0.6 is 23.1 Å². The molecular formula is C19H15N3OS2. The second-order valence-electron chi connectivity index (χ2n) is 5.26. The Balaban J connectivity index is 1.46. The summed E-state index contributed by atoms with van der Waals surface area (Å²) in [6, 6.07) is 21.9. The summed E-state index contributed by atoms with van der Waals surface area (Å²) in [4.78, 5) is 5.64. The summed E-state index contributed by atoms with van der Waals surface area (Å²) in [5, 5.41) is 10.1. The van der Waals surface area contributed by atoms with E-state index in [2.05, 4.69) is 21.2 Å². The van der Waals surface area contributed by atoms with E-state index in [1.807, 2.05) is 66.0 Å². The molecule has 4 rings (SSSR count). The SMILES string of the molecule is c1ccc(Oc2ccccc2CSc2n[nH]c(-c3cccs3)n2)cc1. The van der Waals surface area contributed by atoms with E-state index >= 15 is 0 Å². The van der Waals surface area contributed by atoms with Gasteiger partial charge in [0.25, 0.3) is 0 Å². The van der Waals surface area contributed by atoms with Gasteiger partial charge < -0.3 is 4.74 Å². The number of nitrogens with one attached hydrogen (secondary N) is 1. The van der Waals surface area contributed by atoms with Gasteiger partial charge in [0.1, 0.15) is 11.5 Å². The molecule has 25 heavy (non-hydrogen) atoms. The minimum atomic E-state index is 0.734. The first-order valence-electron chi connectivity index (χ1n) is 7.78. The quantitative estimate of drug-likeness (QED) is 0.451. The summed E-state index contributed by atoms with van der Waals surface area (Å²) in [7, 11) is 0. The van der Waals surface area contributed by atoms with Crippen molar-refractivity contribution in [2.75, 3.05) is 0 Å². The van der Waals surface area contributed by atoms with E-state index in [1.54, 1.807) is 23.1 Å². The molecule has 0 saturated carbocycles. The number of ether oxygens (including phenoxy) is 1. The molecule has 0 amide bonds. The number of benzene rings is 2. The van der Waals surface area contributed by atoms with Crippen LogP contribution in [0.1, 0.15) is 5.56 Å². The first kappa shape index (κ1) is 15.9. The molecular weight excluding hydrogens is 350 g/mol. The van der Waals surface area contributed by atoms with Crippen LogP contribution in [0.4, 0.5) is 0 Å². The van der Waals surface area contributed by atoms with E-state index in [9.17, 15) is 0 Å². The largest absolute Gasteiger partial charge is 0.457 e. The molecule has 0 atom stereocenters. The number of nitrogens with zero attached hydrogens (tertiary/aromatic N) is 2. The molecule has 4 nitrogen and oxygen atoms in total. The molecule has 0 aliphatic carbocycles. The molecule has 2 aromatic heterocycles. The Labute approximate surface area is 153 Å². The average molecular weight is 365 g/mol. The maximum atomic E-state index is 6.00. The summed E-state index contributed by atoms with van der Waals surface area (Å²) >= 11 is 3.23. The van der Waals surface area contributed by atoms with Crippen molar-refractivity contribution in [2.24, 2.45) is 0 Å². The predicted molar refractivity (Wildman–Crippen MR) is 102 cm³/mol. The zero-order valence-corrected chi connectivity index (χ0v) is 14.9. The normalized spacial score (nSPS) is 10.7. The van der Waals surface area contributed by atoms with Crippen LogP contribution in [0.15, 0.2) is 77.3 Å². The van der Waals surface area contributed by atoms with Gasteiger partial charge in [-0.3, -0.25) is 5.10 Å². The Hall–Kier alpha value is -2.57. The minimum Gasteiger partial charge on any atom is -0.457 e. The number of aromatic amines is 1. The number of thioether (sulfide) groups is 1. The highest BCUT2D eigenvalue weighted by Gasteiger charge is 2.10. The van der Waals surface area contributed by atoms with Gasteiger partial charge in [-0.15, -0.1) is 16.4 Å². The summed E-state index contributed by atoms with van der Waals surface area (Å²) in [6.07, 6.45) is 0. The van der Waals surface area contributed by atoms with Gasteiger partial charge in [-0.05, 0) is 29.6 Å². The third-order valence-electron chi connectivity index (χ3n) is 3.52. The third-order valence-corrected chi connectivity index (χ3v) is 5.29. The Kier molecular flexibility index (Phi) is 4.81. The molecule has 0 aliphatic rings. The van der Waals surface area contributed by atoms with Gasteiger partial charge in [0.15, 0.2) is 5.82 Å². The highest BCUT2D eigenvalue weighted by Crippen LogP contribution is 2.30. The standard InChI is InChI=1S/C19H15N3OS2/c1-2-8-15(9-3-1)23-16-10-5-4-7-14(16)13-25-19-20-18(21-22-19)17-11-6-12-24-17/h1-12H,13H2,(H,20,21,22). The smallest absolute Gasteiger partial charge is 0.209 e. The first-order chi connectivity index (χ1) is 12.4. The molecule has 0 bridgehead atoms. The maximum absolute atomic E-state index is 6.00. The van der Waals surface area contributed by atoms with Crippen molar-refractivity contribution in [3.63, 3.8) is 0 Å². The molecule has 1 N–H and O–H groups in total. The molecule has 4 aromatic rings. The van der Waals surface area contributed by atoms with Gasteiger partial charge in [-0.25, -0.2) is 4.98 Å². The number of hydrogen-bond donors (Lipinski definition) is 1. The average Bonchev–Trinajstić information content (AvgIpc) is 3.33. The molecule has 124 valence electrons. The van der Waals surface area contributed by atoms with E-state index in [0.717, 1.165) is 38.7 Å². The zero-order chi connectivity index (χ0) is 16.9. The van der Waals surface area contributed by atoms with Crippen molar-refractivity contribution in [1.29, 1.82) is 0 Å². The van der Waals surface area contributed by atoms with E-state index in [-0.39, 0.29) is 0 Å². The molecule has 0 saturated heterocycles. The van der Waals surface area contributed by atoms with Gasteiger partial charge in [0.05, 0.1) is 4.88 Å². The molecule has 6 heteroatoms. The first-order valence-corrected chi connectivity index (χ1v) is 9.65. The van der Waals surface area contributed by atoms with E-state index in [1.165, 1.54) is 0 Å². The lowest BCUT2D eigenvalue weighted by Crippen LogP contribution is -1.90. The van der Waals surface area contributed by atoms with Crippen LogP contribution in [0.3, 0.4) is 0 Å². The van der Waals surface area contributed by atoms with E-state index in [4.69, 9.17) is 4.74 Å². The van der Waals surface area contributed by atoms with Crippen molar-refractivity contribution < 1.29 is 4.74 Å². The Morgan fingerprint density at radius 3 is 2.64 bits per heavy atom. The van der Waals surface area contributed by atoms with Crippen LogP contribution in [-0.4, -0.2) is 15.2 Å². The number of H-pyrrole nitrogens is 1. The van der Waals surface area contributed by atoms with E-state index < -0.39 is 0 Å². The zero-order valence-electron chi connectivity index (χ0n) is 13.3. The molecule has 0 fully saturated rings. The van der Waals surface area contributed by atoms with Crippen molar-refractivity contribution in [2.45, 2.75) is 10.9 Å². The molecule has 2 aromatic carbocycles. The second kappa shape index (κ2) is 7.55. The number of aromatic nitrogens is 3. The highest BCUT2D eigenvalue weighted by molar-refractivity contribution is 7.98. The van der Waals surface area contributed by atoms with Gasteiger partial charge in [-0.1, -0.05) is 54.2 Å². The Bertz CT molecular complexity index is 936. The summed E-state index contributed by atoms with van der Waals surface area (Å²) in [5.41, 5.74) is 1.11. The fraction of sp³-hybridized carbons (Fsp3) is 0.0526.